The van der Waals surface area contributed by atoms with E-state index in [0.717, 1.165) is 40.8 Å². The van der Waals surface area contributed by atoms with Crippen LogP contribution in [-0.4, -0.2) is 41.3 Å². The van der Waals surface area contributed by atoms with Crippen molar-refractivity contribution in [1.82, 2.24) is 4.57 Å². The van der Waals surface area contributed by atoms with E-state index in [2.05, 4.69) is 4.99 Å². The Balaban J connectivity index is 2.01. The number of benzene rings is 2. The van der Waals surface area contributed by atoms with Crippen molar-refractivity contribution < 1.29 is 19.7 Å². The van der Waals surface area contributed by atoms with Crippen LogP contribution in [0, 0.1) is 0 Å². The Hall–Kier alpha value is -2.99. The van der Waals surface area contributed by atoms with E-state index in [1.54, 1.807) is 25.3 Å². The Morgan fingerprint density at radius 1 is 1.15 bits per heavy atom. The van der Waals surface area contributed by atoms with E-state index >= 15 is 0 Å². The molecule has 1 aromatic heterocycles. The lowest BCUT2D eigenvalue weighted by atomic mass is 10.0. The van der Waals surface area contributed by atoms with Gasteiger partial charge in [-0.15, -0.1) is 0 Å². The maximum Gasteiger partial charge on any atom is 0.165 e. The third-order valence-electron chi connectivity index (χ3n) is 5.14. The molecule has 2 aromatic carbocycles. The molecule has 2 heterocycles. The van der Waals surface area contributed by atoms with Crippen LogP contribution in [0.4, 0.5) is 0 Å². The van der Waals surface area contributed by atoms with Crippen LogP contribution in [0.3, 0.4) is 0 Å². The Morgan fingerprint density at radius 2 is 1.96 bits per heavy atom. The minimum atomic E-state index is -1.10. The Morgan fingerprint density at radius 3 is 2.70 bits per heavy atom. The molecule has 0 fully saturated rings. The molecule has 1 unspecified atom stereocenters. The maximum atomic E-state index is 11.3. The van der Waals surface area contributed by atoms with Gasteiger partial charge in [0.2, 0.25) is 0 Å². The summed E-state index contributed by atoms with van der Waals surface area (Å²) in [5, 5.41) is 22.9. The number of phenolic OH excluding ortho intramolecular Hbond substituents is 1. The van der Waals surface area contributed by atoms with Crippen LogP contribution in [-0.2, 0) is 6.42 Å². The van der Waals surface area contributed by atoms with Gasteiger partial charge in [0.05, 0.1) is 31.1 Å². The normalized spacial score (nSPS) is 14.6. The average molecular weight is 366 g/mol. The second-order valence-electron chi connectivity index (χ2n) is 6.57. The second kappa shape index (κ2) is 6.63. The molecule has 0 aliphatic carbocycles. The SMILES string of the molecule is COc1ccc2c3c(n(C(O)c4cccc(OC)c4O)c2c1)C(C)=NCC3. The standard InChI is InChI=1S/C21H22N2O4/c1-12-19-15(9-10-22-12)14-8-7-13(26-2)11-17(14)23(19)21(25)16-5-4-6-18(27-3)20(16)24/h4-8,11,21,24-25H,9-10H2,1-3H3. The van der Waals surface area contributed by atoms with Crippen LogP contribution >= 0.6 is 0 Å². The molecule has 0 spiro atoms. The predicted octanol–water partition coefficient (Wildman–Crippen LogP) is 3.27. The summed E-state index contributed by atoms with van der Waals surface area (Å²) in [6.45, 7) is 2.67. The van der Waals surface area contributed by atoms with E-state index in [9.17, 15) is 10.2 Å². The highest BCUT2D eigenvalue weighted by molar-refractivity contribution is 6.06. The number of ether oxygens (including phenoxy) is 2. The highest BCUT2D eigenvalue weighted by Crippen LogP contribution is 2.39. The van der Waals surface area contributed by atoms with Gasteiger partial charge < -0.3 is 24.3 Å². The van der Waals surface area contributed by atoms with Crippen molar-refractivity contribution in [3.05, 3.63) is 53.2 Å². The van der Waals surface area contributed by atoms with E-state index < -0.39 is 6.23 Å². The Bertz CT molecular complexity index is 1050. The van der Waals surface area contributed by atoms with Crippen molar-refractivity contribution in [1.29, 1.82) is 0 Å². The zero-order chi connectivity index (χ0) is 19.1. The number of fused-ring (bicyclic) bond motifs is 3. The van der Waals surface area contributed by atoms with Crippen molar-refractivity contribution in [2.75, 3.05) is 20.8 Å². The van der Waals surface area contributed by atoms with E-state index in [4.69, 9.17) is 9.47 Å². The van der Waals surface area contributed by atoms with Gasteiger partial charge in [0.1, 0.15) is 5.75 Å². The van der Waals surface area contributed by atoms with Gasteiger partial charge in [-0.05, 0) is 37.1 Å². The topological polar surface area (TPSA) is 76.2 Å². The zero-order valence-corrected chi connectivity index (χ0v) is 15.6. The third kappa shape index (κ3) is 2.64. The molecule has 0 bridgehead atoms. The van der Waals surface area contributed by atoms with Crippen LogP contribution in [0.25, 0.3) is 10.9 Å². The summed E-state index contributed by atoms with van der Waals surface area (Å²) in [7, 11) is 3.10. The number of para-hydroxylation sites is 1. The van der Waals surface area contributed by atoms with E-state index in [-0.39, 0.29) is 5.75 Å². The van der Waals surface area contributed by atoms with Gasteiger partial charge in [-0.3, -0.25) is 4.99 Å². The first-order chi connectivity index (χ1) is 13.1. The van der Waals surface area contributed by atoms with E-state index in [1.165, 1.54) is 7.11 Å². The molecule has 27 heavy (non-hydrogen) atoms. The minimum absolute atomic E-state index is 0.0728. The van der Waals surface area contributed by atoms with E-state index in [0.29, 0.717) is 17.1 Å². The number of aliphatic hydroxyl groups excluding tert-OH is 1. The lowest BCUT2D eigenvalue weighted by molar-refractivity contribution is 0.146. The van der Waals surface area contributed by atoms with E-state index in [1.807, 2.05) is 29.7 Å². The van der Waals surface area contributed by atoms with Crippen LogP contribution in [0.1, 0.15) is 30.0 Å². The van der Waals surface area contributed by atoms with Gasteiger partial charge in [0.25, 0.3) is 0 Å². The molecule has 6 nitrogen and oxygen atoms in total. The van der Waals surface area contributed by atoms with Crippen molar-refractivity contribution in [3.63, 3.8) is 0 Å². The average Bonchev–Trinajstić information content (AvgIpc) is 3.02. The molecule has 0 saturated heterocycles. The number of aliphatic hydroxyl groups is 1. The molecule has 4 rings (SSSR count). The van der Waals surface area contributed by atoms with Crippen molar-refractivity contribution in [2.45, 2.75) is 19.6 Å². The molecule has 1 atom stereocenters. The minimum Gasteiger partial charge on any atom is -0.504 e. The summed E-state index contributed by atoms with van der Waals surface area (Å²) >= 11 is 0. The Kier molecular flexibility index (Phi) is 4.28. The lowest BCUT2D eigenvalue weighted by Gasteiger charge is -2.21. The summed E-state index contributed by atoms with van der Waals surface area (Å²) < 4.78 is 12.4. The fourth-order valence-corrected chi connectivity index (χ4v) is 3.85. The molecule has 1 aliphatic heterocycles. The molecular weight excluding hydrogens is 344 g/mol. The summed E-state index contributed by atoms with van der Waals surface area (Å²) in [5.41, 5.74) is 4.12. The smallest absolute Gasteiger partial charge is 0.165 e. The molecule has 140 valence electrons. The van der Waals surface area contributed by atoms with Gasteiger partial charge in [-0.1, -0.05) is 12.1 Å². The molecule has 0 saturated carbocycles. The van der Waals surface area contributed by atoms with Gasteiger partial charge in [0.15, 0.2) is 17.7 Å². The number of methoxy groups -OCH3 is 2. The molecule has 0 amide bonds. The fraction of sp³-hybridized carbons (Fsp3) is 0.286. The molecular formula is C21H22N2O4. The molecule has 1 aliphatic rings. The number of hydrogen-bond donors (Lipinski definition) is 2. The molecule has 6 heteroatoms. The van der Waals surface area contributed by atoms with Gasteiger partial charge in [0, 0.05) is 23.6 Å². The van der Waals surface area contributed by atoms with Gasteiger partial charge in [-0.2, -0.15) is 0 Å². The first-order valence-corrected chi connectivity index (χ1v) is 8.83. The van der Waals surface area contributed by atoms with Crippen molar-refractivity contribution in [3.8, 4) is 17.2 Å². The number of aliphatic imine (C=N–C) groups is 1. The fourth-order valence-electron chi connectivity index (χ4n) is 3.85. The summed E-state index contributed by atoms with van der Waals surface area (Å²) in [5.74, 6) is 0.950. The van der Waals surface area contributed by atoms with Gasteiger partial charge in [-0.25, -0.2) is 0 Å². The van der Waals surface area contributed by atoms with Gasteiger partial charge >= 0.3 is 0 Å². The second-order valence-corrected chi connectivity index (χ2v) is 6.57. The lowest BCUT2D eigenvalue weighted by Crippen LogP contribution is -2.19. The number of aromatic hydroxyl groups is 1. The van der Waals surface area contributed by atoms with Crippen molar-refractivity contribution >= 4 is 16.6 Å². The predicted molar refractivity (Wildman–Crippen MR) is 104 cm³/mol. The molecule has 2 N–H and O–H groups in total. The van der Waals surface area contributed by atoms with Crippen LogP contribution in [0.15, 0.2) is 41.4 Å². The number of aromatic nitrogens is 1. The van der Waals surface area contributed by atoms with Crippen molar-refractivity contribution in [2.24, 2.45) is 4.99 Å². The zero-order valence-electron chi connectivity index (χ0n) is 15.6. The monoisotopic (exact) mass is 366 g/mol. The first kappa shape index (κ1) is 17.4. The highest BCUT2D eigenvalue weighted by atomic mass is 16.5. The summed E-state index contributed by atoms with van der Waals surface area (Å²) in [4.78, 5) is 4.57. The number of hydrogen-bond acceptors (Lipinski definition) is 5. The number of rotatable bonds is 4. The van der Waals surface area contributed by atoms with Crippen LogP contribution < -0.4 is 9.47 Å². The highest BCUT2D eigenvalue weighted by Gasteiger charge is 2.27. The van der Waals surface area contributed by atoms with Crippen LogP contribution in [0.2, 0.25) is 0 Å². The summed E-state index contributed by atoms with van der Waals surface area (Å²) in [6.07, 6.45) is -0.291. The number of nitrogens with zero attached hydrogens (tertiary/aromatic N) is 2. The third-order valence-corrected chi connectivity index (χ3v) is 5.14. The molecule has 3 aromatic rings. The first-order valence-electron chi connectivity index (χ1n) is 8.83. The van der Waals surface area contributed by atoms with Crippen LogP contribution in [0.5, 0.6) is 17.2 Å². The summed E-state index contributed by atoms with van der Waals surface area (Å²) in [6, 6.07) is 10.9. The largest absolute Gasteiger partial charge is 0.504 e. The quantitative estimate of drug-likeness (QED) is 0.743. The molecule has 0 radical (unpaired) electrons. The maximum absolute atomic E-state index is 11.3. The Labute approximate surface area is 157 Å². The number of phenols is 1.